The van der Waals surface area contributed by atoms with Gasteiger partial charge < -0.3 is 14.8 Å². The molecule has 0 bridgehead atoms. The highest BCUT2D eigenvalue weighted by Gasteiger charge is 2.52. The van der Waals surface area contributed by atoms with Crippen molar-refractivity contribution in [2.45, 2.75) is 57.9 Å². The van der Waals surface area contributed by atoms with E-state index in [2.05, 4.69) is 51.2 Å². The molecule has 1 fully saturated rings. The van der Waals surface area contributed by atoms with E-state index in [1.165, 1.54) is 5.56 Å². The Labute approximate surface area is 121 Å². The van der Waals surface area contributed by atoms with Crippen LogP contribution in [0.1, 0.15) is 45.7 Å². The SMILES string of the molecule is COC1CC(NC2c3ccccc3OC2(C)C)C1(C)C. The Hall–Kier alpha value is -1.06. The molecule has 1 aliphatic carbocycles. The van der Waals surface area contributed by atoms with E-state index in [0.717, 1.165) is 12.2 Å². The first-order valence-electron chi connectivity index (χ1n) is 7.43. The molecule has 3 heteroatoms. The molecule has 1 aromatic carbocycles. The van der Waals surface area contributed by atoms with Crippen LogP contribution < -0.4 is 10.1 Å². The fraction of sp³-hybridized carbons (Fsp3) is 0.647. The second-order valence-electron chi connectivity index (χ2n) is 7.18. The zero-order valence-corrected chi connectivity index (χ0v) is 13.1. The zero-order chi connectivity index (χ0) is 14.5. The third kappa shape index (κ3) is 1.95. The summed E-state index contributed by atoms with van der Waals surface area (Å²) in [7, 11) is 1.81. The first kappa shape index (κ1) is 13.9. The van der Waals surface area contributed by atoms with Crippen LogP contribution in [0.15, 0.2) is 24.3 Å². The van der Waals surface area contributed by atoms with Crippen LogP contribution in [0.4, 0.5) is 0 Å². The molecule has 0 saturated heterocycles. The molecule has 20 heavy (non-hydrogen) atoms. The largest absolute Gasteiger partial charge is 0.486 e. The van der Waals surface area contributed by atoms with Gasteiger partial charge in [0.1, 0.15) is 11.4 Å². The molecule has 3 rings (SSSR count). The average molecular weight is 275 g/mol. The number of rotatable bonds is 3. The summed E-state index contributed by atoms with van der Waals surface area (Å²) in [6.07, 6.45) is 1.42. The van der Waals surface area contributed by atoms with Gasteiger partial charge in [0, 0.05) is 24.1 Å². The summed E-state index contributed by atoms with van der Waals surface area (Å²) in [5, 5.41) is 3.81. The highest BCUT2D eigenvalue weighted by atomic mass is 16.5. The number of hydrogen-bond acceptors (Lipinski definition) is 3. The lowest BCUT2D eigenvalue weighted by atomic mass is 9.64. The minimum atomic E-state index is -0.210. The molecular weight excluding hydrogens is 250 g/mol. The van der Waals surface area contributed by atoms with Crippen molar-refractivity contribution < 1.29 is 9.47 Å². The standard InChI is InChI=1S/C17H25NO2/c1-16(2)13(10-14(16)19-5)18-15-11-8-6-7-9-12(11)20-17(15,3)4/h6-9,13-15,18H,10H2,1-5H3. The van der Waals surface area contributed by atoms with Crippen molar-refractivity contribution in [3.05, 3.63) is 29.8 Å². The van der Waals surface area contributed by atoms with Crippen molar-refractivity contribution >= 4 is 0 Å². The molecule has 3 atom stereocenters. The highest BCUT2D eigenvalue weighted by Crippen LogP contribution is 2.48. The van der Waals surface area contributed by atoms with Gasteiger partial charge in [0.25, 0.3) is 0 Å². The normalized spacial score (nSPS) is 33.1. The zero-order valence-electron chi connectivity index (χ0n) is 13.1. The molecule has 1 aromatic rings. The maximum atomic E-state index is 6.10. The van der Waals surface area contributed by atoms with Gasteiger partial charge >= 0.3 is 0 Å². The Balaban J connectivity index is 1.81. The number of nitrogens with one attached hydrogen (secondary N) is 1. The highest BCUT2D eigenvalue weighted by molar-refractivity contribution is 5.42. The first-order chi connectivity index (χ1) is 9.36. The predicted molar refractivity (Wildman–Crippen MR) is 80.0 cm³/mol. The Kier molecular flexibility index (Phi) is 3.11. The molecule has 0 radical (unpaired) electrons. The fourth-order valence-corrected chi connectivity index (χ4v) is 3.59. The van der Waals surface area contributed by atoms with Crippen LogP contribution in [0.2, 0.25) is 0 Å². The fourth-order valence-electron chi connectivity index (χ4n) is 3.59. The third-order valence-corrected chi connectivity index (χ3v) is 5.13. The van der Waals surface area contributed by atoms with E-state index in [1.807, 2.05) is 6.07 Å². The van der Waals surface area contributed by atoms with E-state index in [1.54, 1.807) is 7.11 Å². The smallest absolute Gasteiger partial charge is 0.125 e. The Bertz CT molecular complexity index is 509. The second-order valence-corrected chi connectivity index (χ2v) is 7.18. The second kappa shape index (κ2) is 4.47. The summed E-state index contributed by atoms with van der Waals surface area (Å²) in [4.78, 5) is 0. The van der Waals surface area contributed by atoms with Gasteiger partial charge in [0.15, 0.2) is 0 Å². The molecule has 0 spiro atoms. The molecular formula is C17H25NO2. The molecule has 0 amide bonds. The topological polar surface area (TPSA) is 30.5 Å². The van der Waals surface area contributed by atoms with Crippen molar-refractivity contribution in [3.63, 3.8) is 0 Å². The monoisotopic (exact) mass is 275 g/mol. The van der Waals surface area contributed by atoms with Crippen LogP contribution in [0.5, 0.6) is 5.75 Å². The van der Waals surface area contributed by atoms with Gasteiger partial charge in [-0.1, -0.05) is 32.0 Å². The number of methoxy groups -OCH3 is 1. The van der Waals surface area contributed by atoms with Crippen LogP contribution >= 0.6 is 0 Å². The molecule has 2 aliphatic rings. The molecule has 0 aromatic heterocycles. The molecule has 3 nitrogen and oxygen atoms in total. The van der Waals surface area contributed by atoms with Gasteiger partial charge in [-0.15, -0.1) is 0 Å². The summed E-state index contributed by atoms with van der Waals surface area (Å²) in [5.41, 5.74) is 1.23. The van der Waals surface area contributed by atoms with Crippen LogP contribution in [-0.4, -0.2) is 24.9 Å². The summed E-state index contributed by atoms with van der Waals surface area (Å²) >= 11 is 0. The van der Waals surface area contributed by atoms with Crippen molar-refractivity contribution in [2.75, 3.05) is 7.11 Å². The minimum absolute atomic E-state index is 0.169. The minimum Gasteiger partial charge on any atom is -0.486 e. The molecule has 1 aliphatic heterocycles. The van der Waals surface area contributed by atoms with Crippen molar-refractivity contribution in [1.29, 1.82) is 0 Å². The maximum absolute atomic E-state index is 6.10. The number of fused-ring (bicyclic) bond motifs is 1. The van der Waals surface area contributed by atoms with E-state index in [0.29, 0.717) is 12.1 Å². The lowest BCUT2D eigenvalue weighted by Crippen LogP contribution is -2.62. The van der Waals surface area contributed by atoms with Crippen LogP contribution in [-0.2, 0) is 4.74 Å². The van der Waals surface area contributed by atoms with Crippen molar-refractivity contribution in [3.8, 4) is 5.75 Å². The van der Waals surface area contributed by atoms with Gasteiger partial charge in [0.2, 0.25) is 0 Å². The van der Waals surface area contributed by atoms with Gasteiger partial charge in [-0.05, 0) is 26.3 Å². The van der Waals surface area contributed by atoms with Crippen molar-refractivity contribution in [1.82, 2.24) is 5.32 Å². The van der Waals surface area contributed by atoms with E-state index in [-0.39, 0.29) is 17.1 Å². The predicted octanol–water partition coefficient (Wildman–Crippen LogP) is 3.30. The number of para-hydroxylation sites is 1. The third-order valence-electron chi connectivity index (χ3n) is 5.13. The molecule has 1 N–H and O–H groups in total. The Morgan fingerprint density at radius 1 is 1.20 bits per heavy atom. The first-order valence-corrected chi connectivity index (χ1v) is 7.43. The molecule has 3 unspecified atom stereocenters. The van der Waals surface area contributed by atoms with Gasteiger partial charge in [-0.2, -0.15) is 0 Å². The number of benzene rings is 1. The summed E-state index contributed by atoms with van der Waals surface area (Å²) < 4.78 is 11.7. The van der Waals surface area contributed by atoms with Crippen LogP contribution in [0, 0.1) is 5.41 Å². The van der Waals surface area contributed by atoms with E-state index >= 15 is 0 Å². The Morgan fingerprint density at radius 2 is 1.90 bits per heavy atom. The van der Waals surface area contributed by atoms with Crippen LogP contribution in [0.25, 0.3) is 0 Å². The maximum Gasteiger partial charge on any atom is 0.125 e. The summed E-state index contributed by atoms with van der Waals surface area (Å²) in [6.45, 7) is 8.86. The van der Waals surface area contributed by atoms with Crippen LogP contribution in [0.3, 0.4) is 0 Å². The quantitative estimate of drug-likeness (QED) is 0.918. The lowest BCUT2D eigenvalue weighted by Gasteiger charge is -2.53. The summed E-state index contributed by atoms with van der Waals surface area (Å²) in [6, 6.07) is 9.05. The average Bonchev–Trinajstić information content (AvgIpc) is 2.64. The van der Waals surface area contributed by atoms with E-state index in [4.69, 9.17) is 9.47 Å². The molecule has 1 heterocycles. The van der Waals surface area contributed by atoms with Gasteiger partial charge in [-0.3, -0.25) is 0 Å². The Morgan fingerprint density at radius 3 is 2.55 bits per heavy atom. The number of hydrogen-bond donors (Lipinski definition) is 1. The lowest BCUT2D eigenvalue weighted by molar-refractivity contribution is -0.105. The van der Waals surface area contributed by atoms with Gasteiger partial charge in [0.05, 0.1) is 12.1 Å². The van der Waals surface area contributed by atoms with Gasteiger partial charge in [-0.25, -0.2) is 0 Å². The van der Waals surface area contributed by atoms with E-state index < -0.39 is 0 Å². The molecule has 1 saturated carbocycles. The number of ether oxygens (including phenoxy) is 2. The molecule has 110 valence electrons. The summed E-state index contributed by atoms with van der Waals surface area (Å²) in [5.74, 6) is 1.01. The van der Waals surface area contributed by atoms with E-state index in [9.17, 15) is 0 Å². The van der Waals surface area contributed by atoms with Crippen molar-refractivity contribution in [2.24, 2.45) is 5.41 Å².